The van der Waals surface area contributed by atoms with Gasteiger partial charge in [0.05, 0.1) is 6.04 Å². The Morgan fingerprint density at radius 3 is 2.29 bits per heavy atom. The second kappa shape index (κ2) is 8.10. The second-order valence-electron chi connectivity index (χ2n) is 7.38. The van der Waals surface area contributed by atoms with Crippen LogP contribution in [0.25, 0.3) is 10.8 Å². The van der Waals surface area contributed by atoms with E-state index in [-0.39, 0.29) is 11.9 Å². The van der Waals surface area contributed by atoms with Crippen molar-refractivity contribution in [1.29, 1.82) is 0 Å². The molecule has 1 atom stereocenters. The smallest absolute Gasteiger partial charge is 0.275 e. The van der Waals surface area contributed by atoms with Gasteiger partial charge in [-0.25, -0.2) is 0 Å². The predicted octanol–water partition coefficient (Wildman–Crippen LogP) is 7.23. The maximum absolute atomic E-state index is 13.5. The molecular weight excluding hydrogens is 427 g/mol. The molecule has 4 aromatic rings. The summed E-state index contributed by atoms with van der Waals surface area (Å²) in [5.74, 6) is -0.125. The van der Waals surface area contributed by atoms with E-state index in [9.17, 15) is 4.79 Å². The van der Waals surface area contributed by atoms with Gasteiger partial charge in [0.25, 0.3) is 5.91 Å². The molecule has 1 amide bonds. The third kappa shape index (κ3) is 3.78. The van der Waals surface area contributed by atoms with E-state index < -0.39 is 0 Å². The molecule has 5 rings (SSSR count). The zero-order valence-corrected chi connectivity index (χ0v) is 17.9. The lowest BCUT2D eigenvalue weighted by Gasteiger charge is -2.26. The molecular formula is C26H18Cl2N2O. The number of nitrogens with zero attached hydrogens (tertiary/aromatic N) is 1. The number of rotatable bonds is 4. The van der Waals surface area contributed by atoms with Gasteiger partial charge < -0.3 is 5.32 Å². The number of benzene rings is 4. The molecule has 152 valence electrons. The topological polar surface area (TPSA) is 32.3 Å². The maximum Gasteiger partial charge on any atom is 0.275 e. The monoisotopic (exact) mass is 444 g/mol. The first-order valence-electron chi connectivity index (χ1n) is 9.91. The number of carbonyl (C=O) groups is 1. The summed E-state index contributed by atoms with van der Waals surface area (Å²) in [6, 6.07) is 28.8. The molecule has 5 heteroatoms. The third-order valence-electron chi connectivity index (χ3n) is 5.38. The van der Waals surface area contributed by atoms with Gasteiger partial charge in [-0.3, -0.25) is 9.69 Å². The fourth-order valence-corrected chi connectivity index (χ4v) is 4.39. The molecule has 0 aromatic heterocycles. The number of hydrogen-bond acceptors (Lipinski definition) is 2. The summed E-state index contributed by atoms with van der Waals surface area (Å²) >= 11 is 12.4. The van der Waals surface area contributed by atoms with Gasteiger partial charge in [0.2, 0.25) is 0 Å². The van der Waals surface area contributed by atoms with E-state index >= 15 is 0 Å². The highest BCUT2D eigenvalue weighted by molar-refractivity contribution is 6.31. The Hall–Kier alpha value is -3.27. The average molecular weight is 445 g/mol. The standard InChI is InChI=1S/C26H18Cl2N2O/c27-18-8-4-10-20(14-18)29-24-16-25(23-13-3-7-17-6-1-2-12-22(17)23)30(26(24)31)21-11-5-9-19(28)15-21/h1-16,25,29H/t25-/m1/s1. The van der Waals surface area contributed by atoms with Gasteiger partial charge in [-0.05, 0) is 58.8 Å². The van der Waals surface area contributed by atoms with Gasteiger partial charge in [0.1, 0.15) is 5.70 Å². The zero-order valence-electron chi connectivity index (χ0n) is 16.4. The van der Waals surface area contributed by atoms with Crippen LogP contribution in [0.5, 0.6) is 0 Å². The van der Waals surface area contributed by atoms with Gasteiger partial charge >= 0.3 is 0 Å². The molecule has 1 heterocycles. The number of amides is 1. The minimum absolute atomic E-state index is 0.125. The normalized spacial score (nSPS) is 15.9. The summed E-state index contributed by atoms with van der Waals surface area (Å²) in [5, 5.41) is 6.67. The van der Waals surface area contributed by atoms with Crippen molar-refractivity contribution in [3.8, 4) is 0 Å². The Balaban J connectivity index is 1.64. The van der Waals surface area contributed by atoms with Crippen LogP contribution in [0.3, 0.4) is 0 Å². The largest absolute Gasteiger partial charge is 0.351 e. The van der Waals surface area contributed by atoms with Crippen LogP contribution in [0.15, 0.2) is 103 Å². The minimum Gasteiger partial charge on any atom is -0.351 e. The SMILES string of the molecule is O=C1C(Nc2cccc(Cl)c2)=C[C@H](c2cccc3ccccc23)N1c1cccc(Cl)c1. The van der Waals surface area contributed by atoms with Gasteiger partial charge in [0, 0.05) is 21.4 Å². The van der Waals surface area contributed by atoms with E-state index in [0.717, 1.165) is 27.7 Å². The maximum atomic E-state index is 13.5. The first-order valence-corrected chi connectivity index (χ1v) is 10.7. The van der Waals surface area contributed by atoms with Crippen LogP contribution in [0.2, 0.25) is 10.0 Å². The van der Waals surface area contributed by atoms with Crippen LogP contribution in [0.1, 0.15) is 11.6 Å². The number of nitrogens with one attached hydrogen (secondary N) is 1. The molecule has 0 unspecified atom stereocenters. The van der Waals surface area contributed by atoms with Crippen molar-refractivity contribution in [3.63, 3.8) is 0 Å². The van der Waals surface area contributed by atoms with Crippen molar-refractivity contribution in [1.82, 2.24) is 0 Å². The lowest BCUT2D eigenvalue weighted by Crippen LogP contribution is -2.30. The summed E-state index contributed by atoms with van der Waals surface area (Å²) in [6.07, 6.45) is 1.96. The van der Waals surface area contributed by atoms with Crippen molar-refractivity contribution in [2.24, 2.45) is 0 Å². The number of hydrogen-bond donors (Lipinski definition) is 1. The van der Waals surface area contributed by atoms with Crippen molar-refractivity contribution in [2.45, 2.75) is 6.04 Å². The Morgan fingerprint density at radius 2 is 1.48 bits per heavy atom. The lowest BCUT2D eigenvalue weighted by molar-refractivity contribution is -0.114. The fraction of sp³-hybridized carbons (Fsp3) is 0.0385. The van der Waals surface area contributed by atoms with Crippen LogP contribution >= 0.6 is 23.2 Å². The van der Waals surface area contributed by atoms with E-state index in [4.69, 9.17) is 23.2 Å². The third-order valence-corrected chi connectivity index (χ3v) is 5.85. The lowest BCUT2D eigenvalue weighted by atomic mass is 9.98. The first-order chi connectivity index (χ1) is 15.1. The van der Waals surface area contributed by atoms with Crippen molar-refractivity contribution in [2.75, 3.05) is 10.2 Å². The molecule has 1 aliphatic heterocycles. The quantitative estimate of drug-likeness (QED) is 0.359. The van der Waals surface area contributed by atoms with Crippen LogP contribution in [0, 0.1) is 0 Å². The summed E-state index contributed by atoms with van der Waals surface area (Å²) < 4.78 is 0. The number of fused-ring (bicyclic) bond motifs is 1. The zero-order chi connectivity index (χ0) is 21.4. The summed E-state index contributed by atoms with van der Waals surface area (Å²) in [6.45, 7) is 0. The van der Waals surface area contributed by atoms with Gasteiger partial charge in [-0.15, -0.1) is 0 Å². The van der Waals surface area contributed by atoms with Crippen LogP contribution < -0.4 is 10.2 Å². The highest BCUT2D eigenvalue weighted by Crippen LogP contribution is 2.39. The van der Waals surface area contributed by atoms with Crippen molar-refractivity contribution < 1.29 is 4.79 Å². The molecule has 0 spiro atoms. The van der Waals surface area contributed by atoms with E-state index in [1.807, 2.05) is 54.6 Å². The molecule has 3 nitrogen and oxygen atoms in total. The van der Waals surface area contributed by atoms with E-state index in [2.05, 4.69) is 29.6 Å². The molecule has 31 heavy (non-hydrogen) atoms. The summed E-state index contributed by atoms with van der Waals surface area (Å²) in [7, 11) is 0. The highest BCUT2D eigenvalue weighted by atomic mass is 35.5. The number of halogens is 2. The van der Waals surface area contributed by atoms with Crippen LogP contribution in [-0.2, 0) is 4.79 Å². The highest BCUT2D eigenvalue weighted by Gasteiger charge is 2.35. The average Bonchev–Trinajstić information content (AvgIpc) is 3.09. The molecule has 0 radical (unpaired) electrons. The Labute approximate surface area is 190 Å². The van der Waals surface area contributed by atoms with Crippen molar-refractivity contribution >= 4 is 51.3 Å². The fourth-order valence-electron chi connectivity index (χ4n) is 4.02. The molecule has 4 aromatic carbocycles. The molecule has 0 bridgehead atoms. The summed E-state index contributed by atoms with van der Waals surface area (Å²) in [5.41, 5.74) is 3.06. The van der Waals surface area contributed by atoms with Crippen molar-refractivity contribution in [3.05, 3.63) is 118 Å². The molecule has 0 saturated carbocycles. The Kier molecular flexibility index (Phi) is 5.14. The first kappa shape index (κ1) is 19.7. The summed E-state index contributed by atoms with van der Waals surface area (Å²) in [4.78, 5) is 15.3. The van der Waals surface area contributed by atoms with Gasteiger partial charge in [0.15, 0.2) is 0 Å². The van der Waals surface area contributed by atoms with Gasteiger partial charge in [-0.2, -0.15) is 0 Å². The molecule has 1 aliphatic rings. The molecule has 0 fully saturated rings. The van der Waals surface area contributed by atoms with Gasteiger partial charge in [-0.1, -0.05) is 77.8 Å². The van der Waals surface area contributed by atoms with E-state index in [0.29, 0.717) is 15.7 Å². The molecule has 0 saturated heterocycles. The number of anilines is 2. The molecule has 1 N–H and O–H groups in total. The second-order valence-corrected chi connectivity index (χ2v) is 8.26. The van der Waals surface area contributed by atoms with E-state index in [1.165, 1.54) is 0 Å². The predicted molar refractivity (Wildman–Crippen MR) is 129 cm³/mol. The number of carbonyl (C=O) groups excluding carboxylic acids is 1. The van der Waals surface area contributed by atoms with Crippen LogP contribution in [0.4, 0.5) is 11.4 Å². The molecule has 0 aliphatic carbocycles. The Morgan fingerprint density at radius 1 is 0.774 bits per heavy atom. The van der Waals surface area contributed by atoms with Crippen LogP contribution in [-0.4, -0.2) is 5.91 Å². The minimum atomic E-state index is -0.279. The Bertz CT molecular complexity index is 1330. The van der Waals surface area contributed by atoms with E-state index in [1.54, 1.807) is 23.1 Å².